The van der Waals surface area contributed by atoms with Gasteiger partial charge in [-0.2, -0.15) is 0 Å². The van der Waals surface area contributed by atoms with Crippen molar-refractivity contribution in [2.45, 2.75) is 26.0 Å². The first-order chi connectivity index (χ1) is 16.2. The summed E-state index contributed by atoms with van der Waals surface area (Å²) in [5.41, 5.74) is 1.36. The second-order valence-electron chi connectivity index (χ2n) is 8.93. The first-order valence-corrected chi connectivity index (χ1v) is 11.4. The largest absolute Gasteiger partial charge is 0.497 e. The summed E-state index contributed by atoms with van der Waals surface area (Å²) in [6, 6.07) is 12.2. The number of likely N-dealkylation sites (N-methyl/N-ethyl adjacent to an activating group) is 2. The van der Waals surface area contributed by atoms with Crippen molar-refractivity contribution >= 4 is 17.5 Å². The van der Waals surface area contributed by atoms with Crippen LogP contribution in [0.15, 0.2) is 42.5 Å². The van der Waals surface area contributed by atoms with Crippen LogP contribution >= 0.6 is 0 Å². The number of amides is 2. The lowest BCUT2D eigenvalue weighted by Gasteiger charge is -2.34. The average molecular weight is 470 g/mol. The van der Waals surface area contributed by atoms with E-state index in [9.17, 15) is 9.59 Å². The monoisotopic (exact) mass is 469 g/mol. The molecule has 1 aliphatic rings. The van der Waals surface area contributed by atoms with Crippen molar-refractivity contribution < 1.29 is 23.8 Å². The number of ether oxygens (including phenoxy) is 3. The summed E-state index contributed by atoms with van der Waals surface area (Å²) in [5, 5.41) is 2.87. The maximum atomic E-state index is 13.4. The molecule has 0 fully saturated rings. The fourth-order valence-corrected chi connectivity index (χ4v) is 4.00. The highest BCUT2D eigenvalue weighted by atomic mass is 16.5. The highest BCUT2D eigenvalue weighted by Crippen LogP contribution is 2.27. The van der Waals surface area contributed by atoms with Crippen molar-refractivity contribution in [3.8, 4) is 11.5 Å². The number of carbonyl (C=O) groups is 2. The van der Waals surface area contributed by atoms with Gasteiger partial charge in [-0.15, -0.1) is 0 Å². The Labute approximate surface area is 201 Å². The molecule has 2 aromatic carbocycles. The van der Waals surface area contributed by atoms with Crippen LogP contribution in [0, 0.1) is 5.92 Å². The Bertz CT molecular complexity index is 1010. The summed E-state index contributed by atoms with van der Waals surface area (Å²) in [6.07, 6.45) is -0.108. The molecule has 1 heterocycles. The third-order valence-electron chi connectivity index (χ3n) is 6.35. The summed E-state index contributed by atoms with van der Waals surface area (Å²) < 4.78 is 17.0. The minimum Gasteiger partial charge on any atom is -0.497 e. The molecule has 8 nitrogen and oxygen atoms in total. The molecule has 2 amide bonds. The molecule has 0 saturated carbocycles. The van der Waals surface area contributed by atoms with Crippen LogP contribution in [0.1, 0.15) is 34.6 Å². The summed E-state index contributed by atoms with van der Waals surface area (Å²) in [7, 11) is 7.05. The molecule has 34 heavy (non-hydrogen) atoms. The zero-order valence-corrected chi connectivity index (χ0v) is 20.8. The molecule has 0 aromatic heterocycles. The smallest absolute Gasteiger partial charge is 0.257 e. The van der Waals surface area contributed by atoms with Crippen molar-refractivity contribution in [2.24, 2.45) is 5.92 Å². The van der Waals surface area contributed by atoms with E-state index >= 15 is 0 Å². The second-order valence-corrected chi connectivity index (χ2v) is 8.93. The molecule has 2 aromatic rings. The quantitative estimate of drug-likeness (QED) is 0.740. The van der Waals surface area contributed by atoms with Crippen LogP contribution in [-0.4, -0.2) is 81.8 Å². The van der Waals surface area contributed by atoms with Crippen LogP contribution in [0.3, 0.4) is 0 Å². The van der Waals surface area contributed by atoms with Gasteiger partial charge in [-0.1, -0.05) is 13.0 Å². The molecule has 0 aliphatic carbocycles. The van der Waals surface area contributed by atoms with Gasteiger partial charge in [0.1, 0.15) is 18.1 Å². The van der Waals surface area contributed by atoms with Gasteiger partial charge in [0.2, 0.25) is 0 Å². The van der Waals surface area contributed by atoms with Crippen molar-refractivity contribution in [3.05, 3.63) is 53.6 Å². The van der Waals surface area contributed by atoms with Crippen molar-refractivity contribution in [1.29, 1.82) is 0 Å². The van der Waals surface area contributed by atoms with E-state index in [-0.39, 0.29) is 29.9 Å². The number of benzene rings is 2. The molecule has 3 atom stereocenters. The third-order valence-corrected chi connectivity index (χ3v) is 6.35. The number of hydrogen-bond donors (Lipinski definition) is 1. The molecular weight excluding hydrogens is 434 g/mol. The van der Waals surface area contributed by atoms with Gasteiger partial charge >= 0.3 is 0 Å². The van der Waals surface area contributed by atoms with Crippen molar-refractivity contribution in [2.75, 3.05) is 53.3 Å². The highest BCUT2D eigenvalue weighted by Gasteiger charge is 2.27. The molecule has 1 N–H and O–H groups in total. The maximum Gasteiger partial charge on any atom is 0.257 e. The summed E-state index contributed by atoms with van der Waals surface area (Å²) in [6.45, 7) is 5.92. The van der Waals surface area contributed by atoms with Crippen molar-refractivity contribution in [3.63, 3.8) is 0 Å². The molecule has 184 valence electrons. The molecule has 3 rings (SSSR count). The van der Waals surface area contributed by atoms with E-state index in [2.05, 4.69) is 31.1 Å². The lowest BCUT2D eigenvalue weighted by Crippen LogP contribution is -2.45. The molecule has 0 unspecified atom stereocenters. The Balaban J connectivity index is 1.90. The minimum absolute atomic E-state index is 0.108. The van der Waals surface area contributed by atoms with E-state index in [1.807, 2.05) is 0 Å². The average Bonchev–Trinajstić information content (AvgIpc) is 2.84. The minimum atomic E-state index is -0.294. The van der Waals surface area contributed by atoms with Gasteiger partial charge in [-0.05, 0) is 56.3 Å². The van der Waals surface area contributed by atoms with Gasteiger partial charge in [-0.3, -0.25) is 14.5 Å². The van der Waals surface area contributed by atoms with Crippen LogP contribution in [0.25, 0.3) is 0 Å². The van der Waals surface area contributed by atoms with Crippen LogP contribution < -0.4 is 14.8 Å². The lowest BCUT2D eigenvalue weighted by atomic mass is 10.0. The molecule has 1 aliphatic heterocycles. The zero-order valence-electron chi connectivity index (χ0n) is 20.8. The summed E-state index contributed by atoms with van der Waals surface area (Å²) >= 11 is 0. The number of rotatable bonds is 4. The summed E-state index contributed by atoms with van der Waals surface area (Å²) in [4.78, 5) is 30.1. The zero-order chi connectivity index (χ0) is 24.8. The first-order valence-electron chi connectivity index (χ1n) is 11.4. The Morgan fingerprint density at radius 2 is 1.85 bits per heavy atom. The molecule has 0 saturated heterocycles. The fraction of sp³-hybridized carbons (Fsp3) is 0.462. The predicted octanol–water partition coefficient (Wildman–Crippen LogP) is 3.38. The van der Waals surface area contributed by atoms with Gasteiger partial charge in [0.05, 0.1) is 18.8 Å². The summed E-state index contributed by atoms with van der Waals surface area (Å²) in [5.74, 6) is 0.816. The van der Waals surface area contributed by atoms with E-state index in [0.717, 1.165) is 6.54 Å². The Kier molecular flexibility index (Phi) is 8.52. The molecule has 0 bridgehead atoms. The second kappa shape index (κ2) is 11.4. The van der Waals surface area contributed by atoms with Crippen LogP contribution in [-0.2, 0) is 4.74 Å². The SMILES string of the molecule is COc1cccc(C(=O)Nc2ccc3c(c2)C(=O)N(C)C[C@@H](OC)[C@@H](C)CN(C)[C@H](C)CO3)c1. The standard InChI is InChI=1S/C26H35N3O5/c1-17-14-28(3)18(2)16-34-23-11-10-20(13-22(23)26(31)29(4)15-24(17)33-6)27-25(30)19-8-7-9-21(12-19)32-5/h7-13,17-18,24H,14-16H2,1-6H3,(H,27,30)/t17-,18+,24+/m0/s1. The number of methoxy groups -OCH3 is 2. The van der Waals surface area contributed by atoms with Crippen LogP contribution in [0.5, 0.6) is 11.5 Å². The molecular formula is C26H35N3O5. The Morgan fingerprint density at radius 3 is 2.56 bits per heavy atom. The van der Waals surface area contributed by atoms with Gasteiger partial charge in [-0.25, -0.2) is 0 Å². The predicted molar refractivity (Wildman–Crippen MR) is 132 cm³/mol. The number of hydrogen-bond acceptors (Lipinski definition) is 6. The van der Waals surface area contributed by atoms with E-state index in [1.54, 1.807) is 68.6 Å². The number of nitrogens with one attached hydrogen (secondary N) is 1. The van der Waals surface area contributed by atoms with E-state index in [0.29, 0.717) is 41.5 Å². The molecule has 8 heteroatoms. The normalized spacial score (nSPS) is 22.1. The third kappa shape index (κ3) is 6.07. The lowest BCUT2D eigenvalue weighted by molar-refractivity contribution is 0.0150. The van der Waals surface area contributed by atoms with Gasteiger partial charge in [0.25, 0.3) is 11.8 Å². The van der Waals surface area contributed by atoms with Crippen LogP contribution in [0.4, 0.5) is 5.69 Å². The first kappa shape index (κ1) is 25.5. The molecule has 0 spiro atoms. The van der Waals surface area contributed by atoms with E-state index in [1.165, 1.54) is 0 Å². The van der Waals surface area contributed by atoms with E-state index < -0.39 is 0 Å². The topological polar surface area (TPSA) is 80.3 Å². The van der Waals surface area contributed by atoms with Gasteiger partial charge in [0, 0.05) is 44.5 Å². The highest BCUT2D eigenvalue weighted by molar-refractivity contribution is 6.05. The van der Waals surface area contributed by atoms with E-state index in [4.69, 9.17) is 14.2 Å². The Morgan fingerprint density at radius 1 is 1.09 bits per heavy atom. The van der Waals surface area contributed by atoms with Crippen molar-refractivity contribution in [1.82, 2.24) is 9.80 Å². The van der Waals surface area contributed by atoms with Gasteiger partial charge < -0.3 is 24.4 Å². The van der Waals surface area contributed by atoms with Crippen LogP contribution in [0.2, 0.25) is 0 Å². The molecule has 0 radical (unpaired) electrons. The maximum absolute atomic E-state index is 13.4. The number of fused-ring (bicyclic) bond motifs is 1. The number of carbonyl (C=O) groups excluding carboxylic acids is 2. The number of anilines is 1. The fourth-order valence-electron chi connectivity index (χ4n) is 4.00. The van der Waals surface area contributed by atoms with Gasteiger partial charge in [0.15, 0.2) is 0 Å². The Hall–Kier alpha value is -3.10. The number of nitrogens with zero attached hydrogens (tertiary/aromatic N) is 2.